The summed E-state index contributed by atoms with van der Waals surface area (Å²) in [6.07, 6.45) is 3.57. The lowest BCUT2D eigenvalue weighted by Crippen LogP contribution is -2.37. The lowest BCUT2D eigenvalue weighted by molar-refractivity contribution is 0.00516. The molecule has 0 saturated carbocycles. The summed E-state index contributed by atoms with van der Waals surface area (Å²) in [5.74, 6) is 1.66. The van der Waals surface area contributed by atoms with E-state index in [2.05, 4.69) is 6.07 Å². The van der Waals surface area contributed by atoms with Gasteiger partial charge in [-0.05, 0) is 30.9 Å². The fourth-order valence-corrected chi connectivity index (χ4v) is 2.12. The molecule has 0 bridgehead atoms. The van der Waals surface area contributed by atoms with Crippen LogP contribution in [0.2, 0.25) is 0 Å². The molecular formula is C11H17NO2. The van der Waals surface area contributed by atoms with Crippen molar-refractivity contribution in [3.05, 3.63) is 23.2 Å². The van der Waals surface area contributed by atoms with Crippen LogP contribution in [0.1, 0.15) is 36.8 Å². The predicted octanol–water partition coefficient (Wildman–Crippen LogP) is 1.32. The first-order valence-corrected chi connectivity index (χ1v) is 5.24. The number of hydrogen-bond acceptors (Lipinski definition) is 3. The molecule has 0 fully saturated rings. The van der Waals surface area contributed by atoms with E-state index in [0.717, 1.165) is 30.6 Å². The first-order chi connectivity index (χ1) is 6.69. The van der Waals surface area contributed by atoms with E-state index in [1.165, 1.54) is 0 Å². The van der Waals surface area contributed by atoms with Crippen LogP contribution in [0.25, 0.3) is 0 Å². The Kier molecular flexibility index (Phi) is 2.37. The van der Waals surface area contributed by atoms with Crippen LogP contribution in [0.5, 0.6) is 0 Å². The molecule has 0 spiro atoms. The minimum absolute atomic E-state index is 0.247. The molecule has 1 aliphatic rings. The van der Waals surface area contributed by atoms with E-state index >= 15 is 0 Å². The van der Waals surface area contributed by atoms with Crippen LogP contribution in [-0.2, 0) is 18.4 Å². The van der Waals surface area contributed by atoms with Gasteiger partial charge in [-0.2, -0.15) is 0 Å². The summed E-state index contributed by atoms with van der Waals surface area (Å²) in [6.45, 7) is 2.29. The molecule has 3 N–H and O–H groups in total. The van der Waals surface area contributed by atoms with Crippen molar-refractivity contribution in [3.63, 3.8) is 0 Å². The lowest BCUT2D eigenvalue weighted by Gasteiger charge is -2.29. The highest BCUT2D eigenvalue weighted by molar-refractivity contribution is 5.29. The Morgan fingerprint density at radius 3 is 3.07 bits per heavy atom. The molecule has 1 heterocycles. The van der Waals surface area contributed by atoms with Gasteiger partial charge in [-0.25, -0.2) is 0 Å². The maximum absolute atomic E-state index is 10.2. The molecule has 3 heteroatoms. The topological polar surface area (TPSA) is 59.4 Å². The highest BCUT2D eigenvalue weighted by atomic mass is 16.4. The van der Waals surface area contributed by atoms with Crippen molar-refractivity contribution in [1.29, 1.82) is 0 Å². The molecule has 0 amide bonds. The lowest BCUT2D eigenvalue weighted by atomic mass is 9.84. The van der Waals surface area contributed by atoms with E-state index in [1.807, 2.05) is 6.92 Å². The van der Waals surface area contributed by atoms with Crippen molar-refractivity contribution in [3.8, 4) is 0 Å². The normalized spacial score (nSPS) is 26.2. The summed E-state index contributed by atoms with van der Waals surface area (Å²) >= 11 is 0. The number of aryl methyl sites for hydroxylation is 2. The number of rotatable bonds is 2. The Morgan fingerprint density at radius 2 is 2.43 bits per heavy atom. The Balaban J connectivity index is 2.43. The second-order valence-corrected chi connectivity index (χ2v) is 4.01. The van der Waals surface area contributed by atoms with Gasteiger partial charge in [-0.1, -0.05) is 6.92 Å². The third-order valence-corrected chi connectivity index (χ3v) is 3.01. The summed E-state index contributed by atoms with van der Waals surface area (Å²) in [6, 6.07) is 2.05. The van der Waals surface area contributed by atoms with Gasteiger partial charge in [0.1, 0.15) is 17.1 Å². The van der Waals surface area contributed by atoms with E-state index in [1.54, 1.807) is 0 Å². The molecule has 2 rings (SSSR count). The number of furan rings is 1. The van der Waals surface area contributed by atoms with Gasteiger partial charge in [0.25, 0.3) is 0 Å². The number of aliphatic hydroxyl groups is 1. The third kappa shape index (κ3) is 1.37. The monoisotopic (exact) mass is 195 g/mol. The molecule has 1 aliphatic carbocycles. The second kappa shape index (κ2) is 3.41. The molecule has 0 aliphatic heterocycles. The van der Waals surface area contributed by atoms with Crippen molar-refractivity contribution in [2.45, 2.75) is 38.2 Å². The van der Waals surface area contributed by atoms with Gasteiger partial charge < -0.3 is 15.3 Å². The second-order valence-electron chi connectivity index (χ2n) is 4.01. The Hall–Kier alpha value is -0.800. The Morgan fingerprint density at radius 1 is 1.64 bits per heavy atom. The Labute approximate surface area is 83.9 Å². The summed E-state index contributed by atoms with van der Waals surface area (Å²) < 4.78 is 5.63. The van der Waals surface area contributed by atoms with E-state index in [4.69, 9.17) is 10.2 Å². The van der Waals surface area contributed by atoms with Gasteiger partial charge in [-0.3, -0.25) is 0 Å². The molecule has 3 nitrogen and oxygen atoms in total. The number of fused-ring (bicyclic) bond motifs is 1. The fourth-order valence-electron chi connectivity index (χ4n) is 2.12. The van der Waals surface area contributed by atoms with E-state index in [9.17, 15) is 5.11 Å². The molecule has 78 valence electrons. The molecule has 0 saturated heterocycles. The van der Waals surface area contributed by atoms with E-state index < -0.39 is 5.60 Å². The summed E-state index contributed by atoms with van der Waals surface area (Å²) in [5.41, 5.74) is 5.82. The highest BCUT2D eigenvalue weighted by Crippen LogP contribution is 2.36. The molecule has 14 heavy (non-hydrogen) atoms. The van der Waals surface area contributed by atoms with Crippen molar-refractivity contribution >= 4 is 0 Å². The van der Waals surface area contributed by atoms with Crippen LogP contribution < -0.4 is 5.73 Å². The smallest absolute Gasteiger partial charge is 0.140 e. The number of hydrogen-bond donors (Lipinski definition) is 2. The molecule has 0 aromatic carbocycles. The molecular weight excluding hydrogens is 178 g/mol. The summed E-state index contributed by atoms with van der Waals surface area (Å²) in [4.78, 5) is 0. The van der Waals surface area contributed by atoms with Gasteiger partial charge in [0.05, 0.1) is 0 Å². The van der Waals surface area contributed by atoms with Crippen LogP contribution in [-0.4, -0.2) is 11.7 Å². The fraction of sp³-hybridized carbons (Fsp3) is 0.636. The van der Waals surface area contributed by atoms with Crippen LogP contribution >= 0.6 is 0 Å². The summed E-state index contributed by atoms with van der Waals surface area (Å²) in [5, 5.41) is 10.2. The maximum Gasteiger partial charge on any atom is 0.140 e. The average molecular weight is 195 g/mol. The van der Waals surface area contributed by atoms with Gasteiger partial charge in [0.15, 0.2) is 0 Å². The maximum atomic E-state index is 10.2. The van der Waals surface area contributed by atoms with Crippen molar-refractivity contribution in [1.82, 2.24) is 0 Å². The van der Waals surface area contributed by atoms with Crippen LogP contribution in [0.15, 0.2) is 10.5 Å². The SMILES string of the molecule is CCc1cc2c(o1)C(O)(CN)CCC2. The van der Waals surface area contributed by atoms with E-state index in [-0.39, 0.29) is 6.54 Å². The molecule has 0 radical (unpaired) electrons. The molecule has 1 aromatic rings. The largest absolute Gasteiger partial charge is 0.463 e. The highest BCUT2D eigenvalue weighted by Gasteiger charge is 2.36. The van der Waals surface area contributed by atoms with Crippen molar-refractivity contribution < 1.29 is 9.52 Å². The molecule has 1 atom stereocenters. The van der Waals surface area contributed by atoms with E-state index in [0.29, 0.717) is 12.2 Å². The van der Waals surface area contributed by atoms with Crippen LogP contribution in [0, 0.1) is 0 Å². The minimum Gasteiger partial charge on any atom is -0.463 e. The number of nitrogens with two attached hydrogens (primary N) is 1. The minimum atomic E-state index is -0.916. The quantitative estimate of drug-likeness (QED) is 0.748. The predicted molar refractivity (Wildman–Crippen MR) is 54.0 cm³/mol. The van der Waals surface area contributed by atoms with Gasteiger partial charge >= 0.3 is 0 Å². The molecule has 1 aromatic heterocycles. The van der Waals surface area contributed by atoms with Crippen LogP contribution in [0.3, 0.4) is 0 Å². The zero-order valence-electron chi connectivity index (χ0n) is 8.55. The van der Waals surface area contributed by atoms with Crippen LogP contribution in [0.4, 0.5) is 0 Å². The van der Waals surface area contributed by atoms with Gasteiger partial charge in [0.2, 0.25) is 0 Å². The summed E-state index contributed by atoms with van der Waals surface area (Å²) in [7, 11) is 0. The zero-order chi connectivity index (χ0) is 10.2. The van der Waals surface area contributed by atoms with Gasteiger partial charge in [-0.15, -0.1) is 0 Å². The molecule has 1 unspecified atom stereocenters. The zero-order valence-corrected chi connectivity index (χ0v) is 8.55. The van der Waals surface area contributed by atoms with Crippen molar-refractivity contribution in [2.24, 2.45) is 5.73 Å². The first kappa shape index (κ1) is 9.74. The first-order valence-electron chi connectivity index (χ1n) is 5.24. The third-order valence-electron chi connectivity index (χ3n) is 3.01. The Bertz CT molecular complexity index is 332. The standard InChI is InChI=1S/C11H17NO2/c1-2-9-6-8-4-3-5-11(13,7-12)10(8)14-9/h6,13H,2-5,7,12H2,1H3. The average Bonchev–Trinajstić information content (AvgIpc) is 2.62. The van der Waals surface area contributed by atoms with Crippen molar-refractivity contribution in [2.75, 3.05) is 6.54 Å². The van der Waals surface area contributed by atoms with Gasteiger partial charge in [0, 0.05) is 13.0 Å².